The molecule has 0 spiro atoms. The summed E-state index contributed by atoms with van der Waals surface area (Å²) in [5.74, 6) is 0. The van der Waals surface area contributed by atoms with Crippen LogP contribution in [-0.4, -0.2) is 45.7 Å². The Balaban J connectivity index is 1.39. The molecular formula is C23H25N5O4S. The van der Waals surface area contributed by atoms with Crippen molar-refractivity contribution in [1.82, 2.24) is 10.3 Å². The smallest absolute Gasteiger partial charge is 0.319 e. The maximum absolute atomic E-state index is 13.1. The van der Waals surface area contributed by atoms with E-state index in [1.165, 1.54) is 0 Å². The van der Waals surface area contributed by atoms with E-state index in [-0.39, 0.29) is 10.9 Å². The van der Waals surface area contributed by atoms with Gasteiger partial charge >= 0.3 is 6.03 Å². The number of nitrogens with one attached hydrogen (secondary N) is 3. The third-order valence-electron chi connectivity index (χ3n) is 5.08. The molecule has 0 aliphatic carbocycles. The number of pyridine rings is 1. The molecule has 10 heteroatoms. The van der Waals surface area contributed by atoms with Crippen molar-refractivity contribution in [1.29, 1.82) is 0 Å². The Morgan fingerprint density at radius 1 is 0.970 bits per heavy atom. The van der Waals surface area contributed by atoms with Gasteiger partial charge in [0, 0.05) is 43.4 Å². The first-order valence-corrected chi connectivity index (χ1v) is 12.0. The van der Waals surface area contributed by atoms with Crippen LogP contribution in [0, 0.1) is 0 Å². The van der Waals surface area contributed by atoms with Crippen LogP contribution in [0.4, 0.5) is 21.9 Å². The Morgan fingerprint density at radius 2 is 1.70 bits per heavy atom. The van der Waals surface area contributed by atoms with Crippen LogP contribution in [0.5, 0.6) is 0 Å². The highest BCUT2D eigenvalue weighted by atomic mass is 32.2. The molecule has 0 saturated carbocycles. The summed E-state index contributed by atoms with van der Waals surface area (Å²) in [5.41, 5.74) is 2.47. The number of hydrogen-bond acceptors (Lipinski definition) is 6. The van der Waals surface area contributed by atoms with Gasteiger partial charge in [-0.15, -0.1) is 0 Å². The molecule has 2 amide bonds. The number of hydrogen-bond donors (Lipinski definition) is 3. The molecule has 0 radical (unpaired) electrons. The Kier molecular flexibility index (Phi) is 7.06. The molecule has 0 atom stereocenters. The zero-order chi connectivity index (χ0) is 23.1. The zero-order valence-electron chi connectivity index (χ0n) is 17.9. The van der Waals surface area contributed by atoms with E-state index in [2.05, 4.69) is 20.3 Å². The number of rotatable bonds is 7. The lowest BCUT2D eigenvalue weighted by molar-refractivity contribution is 0.122. The topological polar surface area (TPSA) is 113 Å². The second-order valence-corrected chi connectivity index (χ2v) is 9.07. The fourth-order valence-electron chi connectivity index (χ4n) is 3.44. The fourth-order valence-corrected chi connectivity index (χ4v) is 4.73. The Bertz CT molecular complexity index is 1180. The molecule has 2 aromatic carbocycles. The molecule has 3 N–H and O–H groups in total. The Labute approximate surface area is 192 Å². The minimum atomic E-state index is -3.81. The van der Waals surface area contributed by atoms with Gasteiger partial charge in [-0.3, -0.25) is 9.71 Å². The first kappa shape index (κ1) is 22.6. The van der Waals surface area contributed by atoms with E-state index >= 15 is 0 Å². The number of benzene rings is 2. The molecule has 33 heavy (non-hydrogen) atoms. The van der Waals surface area contributed by atoms with Crippen molar-refractivity contribution in [3.63, 3.8) is 0 Å². The van der Waals surface area contributed by atoms with Gasteiger partial charge in [0.25, 0.3) is 10.0 Å². The van der Waals surface area contributed by atoms with Crippen LogP contribution in [0.15, 0.2) is 78.0 Å². The highest BCUT2D eigenvalue weighted by molar-refractivity contribution is 7.92. The number of para-hydroxylation sites is 1. The molecule has 1 aliphatic heterocycles. The maximum Gasteiger partial charge on any atom is 0.319 e. The minimum absolute atomic E-state index is 0.212. The average Bonchev–Trinajstić information content (AvgIpc) is 2.85. The molecule has 1 fully saturated rings. The average molecular weight is 468 g/mol. The molecule has 1 saturated heterocycles. The number of ether oxygens (including phenoxy) is 1. The second-order valence-electron chi connectivity index (χ2n) is 7.42. The fraction of sp³-hybridized carbons (Fsp3) is 0.217. The molecule has 9 nitrogen and oxygen atoms in total. The summed E-state index contributed by atoms with van der Waals surface area (Å²) in [6.07, 6.45) is 3.35. The predicted molar refractivity (Wildman–Crippen MR) is 127 cm³/mol. The van der Waals surface area contributed by atoms with Crippen LogP contribution >= 0.6 is 0 Å². The van der Waals surface area contributed by atoms with Crippen LogP contribution in [0.3, 0.4) is 0 Å². The van der Waals surface area contributed by atoms with Crippen LogP contribution in [0.2, 0.25) is 0 Å². The van der Waals surface area contributed by atoms with Gasteiger partial charge in [0.1, 0.15) is 4.90 Å². The number of carbonyl (C=O) groups is 1. The molecule has 2 heterocycles. The van der Waals surface area contributed by atoms with Gasteiger partial charge in [0.15, 0.2) is 0 Å². The molecule has 0 unspecified atom stereocenters. The minimum Gasteiger partial charge on any atom is -0.378 e. The van der Waals surface area contributed by atoms with Crippen molar-refractivity contribution < 1.29 is 17.9 Å². The number of carbonyl (C=O) groups excluding carboxylic acids is 1. The number of amides is 2. The molecule has 3 aromatic rings. The van der Waals surface area contributed by atoms with E-state index in [4.69, 9.17) is 4.74 Å². The second kappa shape index (κ2) is 10.3. The van der Waals surface area contributed by atoms with Crippen molar-refractivity contribution in [2.24, 2.45) is 0 Å². The quantitative estimate of drug-likeness (QED) is 0.492. The highest BCUT2D eigenvalue weighted by Gasteiger charge is 2.23. The molecular weight excluding hydrogens is 442 g/mol. The lowest BCUT2D eigenvalue weighted by Gasteiger charge is -2.30. The summed E-state index contributed by atoms with van der Waals surface area (Å²) in [7, 11) is -3.81. The maximum atomic E-state index is 13.1. The van der Waals surface area contributed by atoms with E-state index in [1.807, 2.05) is 17.0 Å². The van der Waals surface area contributed by atoms with Crippen molar-refractivity contribution in [3.8, 4) is 0 Å². The van der Waals surface area contributed by atoms with Crippen molar-refractivity contribution in [2.45, 2.75) is 11.4 Å². The number of morpholine rings is 1. The summed E-state index contributed by atoms with van der Waals surface area (Å²) >= 11 is 0. The number of sulfonamides is 1. The predicted octanol–water partition coefficient (Wildman–Crippen LogP) is 3.04. The molecule has 1 aromatic heterocycles. The normalized spacial score (nSPS) is 13.9. The van der Waals surface area contributed by atoms with Crippen LogP contribution in [-0.2, 0) is 21.3 Å². The standard InChI is InChI=1S/C23H25N5O4S/c29-23(25-17-18-4-3-11-24-16-18)26-19-7-9-20(10-8-19)27-33(30,31)22-6-2-1-5-21(22)28-12-14-32-15-13-28/h1-11,16,27H,12-15,17H2,(H2,25,26,29). The van der Waals surface area contributed by atoms with Crippen LogP contribution in [0.25, 0.3) is 0 Å². The van der Waals surface area contributed by atoms with Gasteiger partial charge in [-0.1, -0.05) is 18.2 Å². The van der Waals surface area contributed by atoms with Crippen molar-refractivity contribution >= 4 is 33.1 Å². The summed E-state index contributed by atoms with van der Waals surface area (Å²) in [4.78, 5) is 18.3. The molecule has 4 rings (SSSR count). The van der Waals surface area contributed by atoms with Gasteiger partial charge in [-0.2, -0.15) is 0 Å². The van der Waals surface area contributed by atoms with Gasteiger partial charge in [0.2, 0.25) is 0 Å². The lowest BCUT2D eigenvalue weighted by atomic mass is 10.2. The number of urea groups is 1. The van der Waals surface area contributed by atoms with E-state index in [9.17, 15) is 13.2 Å². The van der Waals surface area contributed by atoms with E-state index in [0.717, 1.165) is 5.56 Å². The van der Waals surface area contributed by atoms with Gasteiger partial charge in [-0.05, 0) is 48.0 Å². The first-order chi connectivity index (χ1) is 16.0. The Morgan fingerprint density at radius 3 is 2.42 bits per heavy atom. The monoisotopic (exact) mass is 467 g/mol. The van der Waals surface area contributed by atoms with Gasteiger partial charge < -0.3 is 20.3 Å². The van der Waals surface area contributed by atoms with Crippen LogP contribution < -0.4 is 20.3 Å². The molecule has 0 bridgehead atoms. The Hall–Kier alpha value is -3.63. The van der Waals surface area contributed by atoms with E-state index in [1.54, 1.807) is 60.9 Å². The number of aromatic nitrogens is 1. The third-order valence-corrected chi connectivity index (χ3v) is 6.51. The largest absolute Gasteiger partial charge is 0.378 e. The summed E-state index contributed by atoms with van der Waals surface area (Å²) < 4.78 is 34.2. The lowest BCUT2D eigenvalue weighted by Crippen LogP contribution is -2.37. The van der Waals surface area contributed by atoms with Crippen molar-refractivity contribution in [3.05, 3.63) is 78.6 Å². The summed E-state index contributed by atoms with van der Waals surface area (Å²) in [6.45, 7) is 2.74. The summed E-state index contributed by atoms with van der Waals surface area (Å²) in [5, 5.41) is 5.46. The SMILES string of the molecule is O=C(NCc1cccnc1)Nc1ccc(NS(=O)(=O)c2ccccc2N2CCOCC2)cc1. The van der Waals surface area contributed by atoms with Gasteiger partial charge in [0.05, 0.1) is 18.9 Å². The zero-order valence-corrected chi connectivity index (χ0v) is 18.7. The van der Waals surface area contributed by atoms with Gasteiger partial charge in [-0.25, -0.2) is 13.2 Å². The van der Waals surface area contributed by atoms with E-state index in [0.29, 0.717) is 49.9 Å². The molecule has 172 valence electrons. The molecule has 1 aliphatic rings. The van der Waals surface area contributed by atoms with Crippen LogP contribution in [0.1, 0.15) is 5.56 Å². The highest BCUT2D eigenvalue weighted by Crippen LogP contribution is 2.28. The van der Waals surface area contributed by atoms with E-state index < -0.39 is 10.0 Å². The van der Waals surface area contributed by atoms with Crippen molar-refractivity contribution in [2.75, 3.05) is 41.2 Å². The number of anilines is 3. The summed E-state index contributed by atoms with van der Waals surface area (Å²) in [6, 6.07) is 16.7. The first-order valence-electron chi connectivity index (χ1n) is 10.5. The third kappa shape index (κ3) is 5.99. The number of nitrogens with zero attached hydrogens (tertiary/aromatic N) is 2.